The zero-order valence-electron chi connectivity index (χ0n) is 12.8. The van der Waals surface area contributed by atoms with Crippen LogP contribution in [0.2, 0.25) is 0 Å². The number of rotatable bonds is 6. The van der Waals surface area contributed by atoms with E-state index in [2.05, 4.69) is 12.0 Å². The summed E-state index contributed by atoms with van der Waals surface area (Å²) < 4.78 is 0. The van der Waals surface area contributed by atoms with Crippen LogP contribution < -0.4 is 5.43 Å². The van der Waals surface area contributed by atoms with E-state index in [0.717, 1.165) is 5.57 Å². The molecular formula is C15H24N2O4. The van der Waals surface area contributed by atoms with Crippen molar-refractivity contribution in [1.82, 2.24) is 10.4 Å². The van der Waals surface area contributed by atoms with Gasteiger partial charge in [-0.25, -0.2) is 0 Å². The fraction of sp³-hybridized carbons (Fsp3) is 0.600. The largest absolute Gasteiger partial charge is 0.480 e. The molecule has 3 N–H and O–H groups in total. The van der Waals surface area contributed by atoms with Crippen molar-refractivity contribution in [2.45, 2.75) is 51.8 Å². The number of carbonyl (C=O) groups excluding carboxylic acids is 1. The molecule has 118 valence electrons. The van der Waals surface area contributed by atoms with Crippen molar-refractivity contribution in [3.05, 3.63) is 24.3 Å². The fourth-order valence-corrected chi connectivity index (χ4v) is 2.71. The lowest BCUT2D eigenvalue weighted by Crippen LogP contribution is -2.59. The van der Waals surface area contributed by atoms with E-state index in [4.69, 9.17) is 0 Å². The SMILES string of the molecule is C=C(C)CCC1(O)C(/C=C\C)CC(C(=O)O)N1NC(C)=O. The van der Waals surface area contributed by atoms with Crippen LogP contribution in [0.5, 0.6) is 0 Å². The molecular weight excluding hydrogens is 272 g/mol. The van der Waals surface area contributed by atoms with Gasteiger partial charge < -0.3 is 10.2 Å². The zero-order valence-corrected chi connectivity index (χ0v) is 12.8. The van der Waals surface area contributed by atoms with Gasteiger partial charge in [0.15, 0.2) is 0 Å². The second-order valence-electron chi connectivity index (χ2n) is 5.60. The Morgan fingerprint density at radius 2 is 2.10 bits per heavy atom. The molecule has 1 saturated heterocycles. The molecule has 21 heavy (non-hydrogen) atoms. The van der Waals surface area contributed by atoms with Crippen LogP contribution in [-0.4, -0.2) is 38.9 Å². The molecule has 1 amide bonds. The summed E-state index contributed by atoms with van der Waals surface area (Å²) in [6.45, 7) is 8.76. The molecule has 0 aromatic carbocycles. The van der Waals surface area contributed by atoms with Gasteiger partial charge in [-0.15, -0.1) is 6.58 Å². The molecule has 1 aliphatic rings. The number of aliphatic hydroxyl groups is 1. The lowest BCUT2D eigenvalue weighted by atomic mass is 9.90. The standard InChI is InChI=1S/C15H24N2O4/c1-5-6-12-9-13(14(19)20)17(16-11(4)18)15(12,21)8-7-10(2)3/h5-6,12-13,21H,2,7-9H2,1,3-4H3,(H,16,18)(H,19,20)/b6-5-. The summed E-state index contributed by atoms with van der Waals surface area (Å²) in [5.41, 5.74) is 1.94. The molecule has 3 unspecified atom stereocenters. The third-order valence-electron chi connectivity index (χ3n) is 3.71. The Kier molecular flexibility index (Phi) is 5.69. The first-order valence-electron chi connectivity index (χ1n) is 7.01. The van der Waals surface area contributed by atoms with E-state index in [0.29, 0.717) is 12.8 Å². The minimum Gasteiger partial charge on any atom is -0.480 e. The third-order valence-corrected chi connectivity index (χ3v) is 3.71. The minimum atomic E-state index is -1.43. The van der Waals surface area contributed by atoms with Crippen molar-refractivity contribution in [2.24, 2.45) is 5.92 Å². The monoisotopic (exact) mass is 296 g/mol. The summed E-state index contributed by atoms with van der Waals surface area (Å²) in [6.07, 6.45) is 4.67. The number of carboxylic acid groups (broad SMARTS) is 1. The van der Waals surface area contributed by atoms with Crippen molar-refractivity contribution >= 4 is 11.9 Å². The van der Waals surface area contributed by atoms with Gasteiger partial charge in [0, 0.05) is 12.8 Å². The second-order valence-corrected chi connectivity index (χ2v) is 5.60. The Bertz CT molecular complexity index is 461. The van der Waals surface area contributed by atoms with E-state index in [-0.39, 0.29) is 12.3 Å². The lowest BCUT2D eigenvalue weighted by molar-refractivity contribution is -0.170. The molecule has 0 radical (unpaired) electrons. The molecule has 0 aromatic rings. The number of nitrogens with one attached hydrogen (secondary N) is 1. The molecule has 0 bridgehead atoms. The summed E-state index contributed by atoms with van der Waals surface area (Å²) in [5, 5.41) is 21.5. The smallest absolute Gasteiger partial charge is 0.322 e. The highest BCUT2D eigenvalue weighted by atomic mass is 16.4. The molecule has 0 spiro atoms. The normalized spacial score (nSPS) is 29.7. The second kappa shape index (κ2) is 6.87. The predicted octanol–water partition coefficient (Wildman–Crippen LogP) is 1.43. The van der Waals surface area contributed by atoms with Crippen molar-refractivity contribution in [3.63, 3.8) is 0 Å². The molecule has 1 fully saturated rings. The van der Waals surface area contributed by atoms with Crippen LogP contribution >= 0.6 is 0 Å². The summed E-state index contributed by atoms with van der Waals surface area (Å²) >= 11 is 0. The van der Waals surface area contributed by atoms with Crippen LogP contribution in [0.25, 0.3) is 0 Å². The summed E-state index contributed by atoms with van der Waals surface area (Å²) in [4.78, 5) is 22.8. The van der Waals surface area contributed by atoms with Gasteiger partial charge >= 0.3 is 5.97 Å². The van der Waals surface area contributed by atoms with E-state index in [1.54, 1.807) is 12.2 Å². The molecule has 6 heteroatoms. The average molecular weight is 296 g/mol. The Morgan fingerprint density at radius 3 is 2.52 bits per heavy atom. The first-order chi connectivity index (χ1) is 9.72. The van der Waals surface area contributed by atoms with Crippen molar-refractivity contribution in [1.29, 1.82) is 0 Å². The Morgan fingerprint density at radius 1 is 1.48 bits per heavy atom. The molecule has 6 nitrogen and oxygen atoms in total. The molecule has 0 aromatic heterocycles. The zero-order chi connectivity index (χ0) is 16.2. The van der Waals surface area contributed by atoms with Crippen molar-refractivity contribution in [2.75, 3.05) is 0 Å². The predicted molar refractivity (Wildman–Crippen MR) is 79.0 cm³/mol. The third kappa shape index (κ3) is 3.92. The van der Waals surface area contributed by atoms with Gasteiger partial charge in [0.2, 0.25) is 5.91 Å². The van der Waals surface area contributed by atoms with Gasteiger partial charge in [-0.1, -0.05) is 17.7 Å². The van der Waals surface area contributed by atoms with Gasteiger partial charge in [0.05, 0.1) is 0 Å². The maximum absolute atomic E-state index is 11.4. The highest BCUT2D eigenvalue weighted by molar-refractivity contribution is 5.76. The number of hydrazine groups is 1. The number of allylic oxidation sites excluding steroid dienone is 2. The summed E-state index contributed by atoms with van der Waals surface area (Å²) in [7, 11) is 0. The van der Waals surface area contributed by atoms with Crippen LogP contribution in [0.4, 0.5) is 0 Å². The highest BCUT2D eigenvalue weighted by Gasteiger charge is 2.54. The van der Waals surface area contributed by atoms with Gasteiger partial charge in [0.1, 0.15) is 11.8 Å². The number of amides is 1. The van der Waals surface area contributed by atoms with E-state index in [9.17, 15) is 19.8 Å². The molecule has 1 aliphatic heterocycles. The van der Waals surface area contributed by atoms with Crippen LogP contribution in [0, 0.1) is 5.92 Å². The number of hydrogen-bond donors (Lipinski definition) is 3. The molecule has 0 saturated carbocycles. The number of carboxylic acids is 1. The first kappa shape index (κ1) is 17.4. The Hall–Kier alpha value is -1.66. The average Bonchev–Trinajstić information content (AvgIpc) is 2.62. The van der Waals surface area contributed by atoms with Crippen LogP contribution in [0.1, 0.15) is 40.0 Å². The van der Waals surface area contributed by atoms with Gasteiger partial charge in [-0.05, 0) is 33.1 Å². The van der Waals surface area contributed by atoms with Gasteiger partial charge in [-0.2, -0.15) is 5.01 Å². The van der Waals surface area contributed by atoms with Crippen LogP contribution in [0.15, 0.2) is 24.3 Å². The lowest BCUT2D eigenvalue weighted by Gasteiger charge is -2.38. The summed E-state index contributed by atoms with van der Waals surface area (Å²) in [5.74, 6) is -1.84. The van der Waals surface area contributed by atoms with E-state index in [1.165, 1.54) is 11.9 Å². The van der Waals surface area contributed by atoms with E-state index < -0.39 is 23.6 Å². The Labute approximate surface area is 125 Å². The van der Waals surface area contributed by atoms with E-state index >= 15 is 0 Å². The van der Waals surface area contributed by atoms with E-state index in [1.807, 2.05) is 13.8 Å². The minimum absolute atomic E-state index is 0.243. The maximum atomic E-state index is 11.4. The highest BCUT2D eigenvalue weighted by Crippen LogP contribution is 2.40. The maximum Gasteiger partial charge on any atom is 0.322 e. The quantitative estimate of drug-likeness (QED) is 0.645. The number of aliphatic carboxylic acids is 1. The van der Waals surface area contributed by atoms with Crippen LogP contribution in [0.3, 0.4) is 0 Å². The summed E-state index contributed by atoms with van der Waals surface area (Å²) in [6, 6.07) is -0.953. The molecule has 0 aliphatic carbocycles. The van der Waals surface area contributed by atoms with Crippen molar-refractivity contribution in [3.8, 4) is 0 Å². The number of carbonyl (C=O) groups is 2. The fourth-order valence-electron chi connectivity index (χ4n) is 2.71. The number of nitrogens with zero attached hydrogens (tertiary/aromatic N) is 1. The van der Waals surface area contributed by atoms with Gasteiger partial charge in [0.25, 0.3) is 0 Å². The molecule has 1 rings (SSSR count). The van der Waals surface area contributed by atoms with Gasteiger partial charge in [-0.3, -0.25) is 15.0 Å². The molecule has 3 atom stereocenters. The first-order valence-corrected chi connectivity index (χ1v) is 7.01. The number of hydrogen-bond acceptors (Lipinski definition) is 4. The topological polar surface area (TPSA) is 89.9 Å². The van der Waals surface area contributed by atoms with Crippen LogP contribution in [-0.2, 0) is 9.59 Å². The molecule has 1 heterocycles. The Balaban J connectivity index is 3.15. The van der Waals surface area contributed by atoms with Crippen molar-refractivity contribution < 1.29 is 19.8 Å².